The van der Waals surface area contributed by atoms with Gasteiger partial charge in [-0.15, -0.1) is 10.2 Å². The monoisotopic (exact) mass is 327 g/mol. The Morgan fingerprint density at radius 1 is 1.21 bits per heavy atom. The molecule has 0 N–H and O–H groups in total. The third kappa shape index (κ3) is 3.48. The average molecular weight is 327 g/mol. The number of hydrogen-bond donors (Lipinski definition) is 0. The zero-order valence-electron chi connectivity index (χ0n) is 14.6. The van der Waals surface area contributed by atoms with Crippen LogP contribution in [0.25, 0.3) is 0 Å². The van der Waals surface area contributed by atoms with E-state index >= 15 is 0 Å². The number of hydrogen-bond acceptors (Lipinski definition) is 4. The van der Waals surface area contributed by atoms with Crippen molar-refractivity contribution in [1.82, 2.24) is 24.6 Å². The van der Waals surface area contributed by atoms with Gasteiger partial charge < -0.3 is 9.47 Å². The number of nitrogens with zero attached hydrogens (tertiary/aromatic N) is 5. The minimum atomic E-state index is -0.226. The Bertz CT molecular complexity index is 674. The molecule has 0 spiro atoms. The SMILES string of the molecule is Cc1cccc([C@H](C(=O)N2CCC(n3cnnc3)CC2)N(C)C)c1. The molecular weight excluding hydrogens is 302 g/mol. The lowest BCUT2D eigenvalue weighted by atomic mass is 9.99. The molecule has 1 saturated heterocycles. The molecule has 0 bridgehead atoms. The molecule has 2 heterocycles. The zero-order chi connectivity index (χ0) is 17.1. The van der Waals surface area contributed by atoms with Crippen molar-refractivity contribution in [2.75, 3.05) is 27.2 Å². The molecule has 1 aromatic heterocycles. The number of benzene rings is 1. The van der Waals surface area contributed by atoms with Crippen molar-refractivity contribution in [2.24, 2.45) is 0 Å². The van der Waals surface area contributed by atoms with E-state index in [9.17, 15) is 4.79 Å². The van der Waals surface area contributed by atoms with Crippen LogP contribution in [0.5, 0.6) is 0 Å². The lowest BCUT2D eigenvalue weighted by molar-refractivity contribution is -0.137. The minimum Gasteiger partial charge on any atom is -0.341 e. The number of piperidine rings is 1. The van der Waals surface area contributed by atoms with Gasteiger partial charge >= 0.3 is 0 Å². The molecule has 3 rings (SSSR count). The lowest BCUT2D eigenvalue weighted by Crippen LogP contribution is -2.44. The number of rotatable bonds is 4. The van der Waals surface area contributed by atoms with E-state index in [0.717, 1.165) is 31.5 Å². The molecule has 0 saturated carbocycles. The summed E-state index contributed by atoms with van der Waals surface area (Å²) in [5, 5.41) is 7.75. The van der Waals surface area contributed by atoms with E-state index in [2.05, 4.69) is 29.3 Å². The second-order valence-corrected chi connectivity index (χ2v) is 6.75. The summed E-state index contributed by atoms with van der Waals surface area (Å²) in [5.74, 6) is 0.188. The Kier molecular flexibility index (Phi) is 4.94. The highest BCUT2D eigenvalue weighted by Gasteiger charge is 2.31. The fraction of sp³-hybridized carbons (Fsp3) is 0.500. The summed E-state index contributed by atoms with van der Waals surface area (Å²) in [6.07, 6.45) is 5.41. The molecule has 1 aromatic carbocycles. The number of aromatic nitrogens is 3. The van der Waals surface area contributed by atoms with Gasteiger partial charge in [-0.1, -0.05) is 29.8 Å². The number of likely N-dealkylation sites (tertiary alicyclic amines) is 1. The first-order chi connectivity index (χ1) is 11.6. The summed E-state index contributed by atoms with van der Waals surface area (Å²) in [6.45, 7) is 3.61. The standard InChI is InChI=1S/C18H25N5O/c1-14-5-4-6-15(11-14)17(21(2)3)18(24)22-9-7-16(8-10-22)23-12-19-20-13-23/h4-6,11-13,16-17H,7-10H2,1-3H3/t17-/m1/s1. The molecule has 24 heavy (non-hydrogen) atoms. The van der Waals surface area contributed by atoms with E-state index in [4.69, 9.17) is 0 Å². The molecule has 0 unspecified atom stereocenters. The maximum absolute atomic E-state index is 13.1. The van der Waals surface area contributed by atoms with Crippen LogP contribution >= 0.6 is 0 Å². The van der Waals surface area contributed by atoms with Gasteiger partial charge in [-0.25, -0.2) is 0 Å². The number of aryl methyl sites for hydroxylation is 1. The van der Waals surface area contributed by atoms with Crippen molar-refractivity contribution in [3.8, 4) is 0 Å². The Balaban J connectivity index is 1.70. The predicted molar refractivity (Wildman–Crippen MR) is 92.5 cm³/mol. The number of amides is 1. The van der Waals surface area contributed by atoms with Crippen molar-refractivity contribution < 1.29 is 4.79 Å². The van der Waals surface area contributed by atoms with E-state index in [0.29, 0.717) is 6.04 Å². The van der Waals surface area contributed by atoms with Crippen LogP contribution in [0.15, 0.2) is 36.9 Å². The van der Waals surface area contributed by atoms with Crippen molar-refractivity contribution >= 4 is 5.91 Å². The molecule has 0 radical (unpaired) electrons. The lowest BCUT2D eigenvalue weighted by Gasteiger charge is -2.36. The summed E-state index contributed by atoms with van der Waals surface area (Å²) < 4.78 is 2.05. The fourth-order valence-electron chi connectivity index (χ4n) is 3.46. The van der Waals surface area contributed by atoms with Crippen molar-refractivity contribution in [1.29, 1.82) is 0 Å². The fourth-order valence-corrected chi connectivity index (χ4v) is 3.46. The highest BCUT2D eigenvalue weighted by molar-refractivity contribution is 5.83. The summed E-state index contributed by atoms with van der Waals surface area (Å²) >= 11 is 0. The number of carbonyl (C=O) groups is 1. The van der Waals surface area contributed by atoms with Gasteiger partial charge in [-0.3, -0.25) is 9.69 Å². The smallest absolute Gasteiger partial charge is 0.244 e. The van der Waals surface area contributed by atoms with Gasteiger partial charge in [0.15, 0.2) is 0 Å². The van der Waals surface area contributed by atoms with Crippen molar-refractivity contribution in [3.05, 3.63) is 48.0 Å². The van der Waals surface area contributed by atoms with Crippen LogP contribution in [-0.2, 0) is 4.79 Å². The minimum absolute atomic E-state index is 0.188. The normalized spacial score (nSPS) is 17.2. The first-order valence-corrected chi connectivity index (χ1v) is 8.42. The van der Waals surface area contributed by atoms with Gasteiger partial charge in [-0.05, 0) is 39.4 Å². The molecule has 1 fully saturated rings. The quantitative estimate of drug-likeness (QED) is 0.862. The van der Waals surface area contributed by atoms with E-state index < -0.39 is 0 Å². The third-order valence-corrected chi connectivity index (χ3v) is 4.74. The maximum atomic E-state index is 13.1. The molecule has 1 aliphatic heterocycles. The summed E-state index contributed by atoms with van der Waals surface area (Å²) in [4.78, 5) is 17.1. The topological polar surface area (TPSA) is 54.3 Å². The van der Waals surface area contributed by atoms with Gasteiger partial charge in [-0.2, -0.15) is 0 Å². The summed E-state index contributed by atoms with van der Waals surface area (Å²) in [7, 11) is 3.93. The maximum Gasteiger partial charge on any atom is 0.244 e. The molecule has 6 heteroatoms. The van der Waals surface area contributed by atoms with Crippen LogP contribution in [0.3, 0.4) is 0 Å². The second-order valence-electron chi connectivity index (χ2n) is 6.75. The van der Waals surface area contributed by atoms with E-state index in [1.165, 1.54) is 5.56 Å². The van der Waals surface area contributed by atoms with Crippen LogP contribution in [0.1, 0.15) is 36.1 Å². The van der Waals surface area contributed by atoms with Gasteiger partial charge in [0.05, 0.1) is 0 Å². The van der Waals surface area contributed by atoms with E-state index in [1.54, 1.807) is 12.7 Å². The Morgan fingerprint density at radius 2 is 1.88 bits per heavy atom. The predicted octanol–water partition coefficient (Wildman–Crippen LogP) is 2.05. The van der Waals surface area contributed by atoms with Crippen LogP contribution in [-0.4, -0.2) is 57.7 Å². The highest BCUT2D eigenvalue weighted by atomic mass is 16.2. The third-order valence-electron chi connectivity index (χ3n) is 4.74. The molecule has 6 nitrogen and oxygen atoms in total. The largest absolute Gasteiger partial charge is 0.341 e. The Hall–Kier alpha value is -2.21. The van der Waals surface area contributed by atoms with Crippen molar-refractivity contribution in [2.45, 2.75) is 31.8 Å². The molecular formula is C18H25N5O. The highest BCUT2D eigenvalue weighted by Crippen LogP contribution is 2.27. The van der Waals surface area contributed by atoms with Gasteiger partial charge in [0.25, 0.3) is 0 Å². The zero-order valence-corrected chi connectivity index (χ0v) is 14.6. The van der Waals surface area contributed by atoms with Gasteiger partial charge in [0.2, 0.25) is 5.91 Å². The van der Waals surface area contributed by atoms with Crippen LogP contribution in [0, 0.1) is 6.92 Å². The average Bonchev–Trinajstić information content (AvgIpc) is 3.09. The van der Waals surface area contributed by atoms with E-state index in [1.807, 2.05) is 40.6 Å². The molecule has 128 valence electrons. The van der Waals surface area contributed by atoms with Crippen LogP contribution < -0.4 is 0 Å². The van der Waals surface area contributed by atoms with Crippen molar-refractivity contribution in [3.63, 3.8) is 0 Å². The van der Waals surface area contributed by atoms with Gasteiger partial charge in [0.1, 0.15) is 18.7 Å². The molecule has 1 aliphatic rings. The Labute approximate surface area is 143 Å². The Morgan fingerprint density at radius 3 is 2.46 bits per heavy atom. The van der Waals surface area contributed by atoms with Crippen LogP contribution in [0.4, 0.5) is 0 Å². The number of carbonyl (C=O) groups excluding carboxylic acids is 1. The molecule has 1 amide bonds. The second kappa shape index (κ2) is 7.13. The molecule has 1 atom stereocenters. The van der Waals surface area contributed by atoms with Gasteiger partial charge in [0, 0.05) is 19.1 Å². The molecule has 2 aromatic rings. The first-order valence-electron chi connectivity index (χ1n) is 8.42. The first kappa shape index (κ1) is 16.6. The summed E-state index contributed by atoms with van der Waals surface area (Å²) in [5.41, 5.74) is 2.24. The van der Waals surface area contributed by atoms with E-state index in [-0.39, 0.29) is 11.9 Å². The van der Waals surface area contributed by atoms with Crippen LogP contribution in [0.2, 0.25) is 0 Å². The summed E-state index contributed by atoms with van der Waals surface area (Å²) in [6, 6.07) is 8.39. The number of likely N-dealkylation sites (N-methyl/N-ethyl adjacent to an activating group) is 1. The molecule has 0 aliphatic carbocycles.